The van der Waals surface area contributed by atoms with Crippen molar-refractivity contribution < 1.29 is 0 Å². The normalized spacial score (nSPS) is 12.9. The van der Waals surface area contributed by atoms with E-state index in [4.69, 9.17) is 10.7 Å². The topological polar surface area (TPSA) is 76.2 Å². The number of pyridine rings is 2. The molecule has 0 aliphatic rings. The number of allylic oxidation sites excluding steroid dienone is 2. The van der Waals surface area contributed by atoms with Crippen LogP contribution >= 0.6 is 0 Å². The fourth-order valence-electron chi connectivity index (χ4n) is 2.85. The standard InChI is InChI=1S/C22H31N5/c1-6-7-19-12-20(10-11-24-19)27-17(5)22(16(4)23)18-8-9-21(26-14-18)25-13-15(2)3/h8-12,14-15H,6-7,13,23H2,1-5H3,(H,25,26). The average Bonchev–Trinajstić information content (AvgIpc) is 2.61. The van der Waals surface area contributed by atoms with Crippen molar-refractivity contribution >= 4 is 22.8 Å². The quantitative estimate of drug-likeness (QED) is 0.647. The highest BCUT2D eigenvalue weighted by atomic mass is 15.0. The van der Waals surface area contributed by atoms with Gasteiger partial charge in [0.2, 0.25) is 0 Å². The van der Waals surface area contributed by atoms with Crippen molar-refractivity contribution in [1.29, 1.82) is 0 Å². The Labute approximate surface area is 162 Å². The molecule has 0 saturated carbocycles. The monoisotopic (exact) mass is 365 g/mol. The van der Waals surface area contributed by atoms with Crippen molar-refractivity contribution in [2.45, 2.75) is 47.5 Å². The number of anilines is 1. The molecule has 5 heteroatoms. The van der Waals surface area contributed by atoms with Crippen LogP contribution in [0, 0.1) is 5.92 Å². The zero-order valence-corrected chi connectivity index (χ0v) is 17.1. The molecule has 0 spiro atoms. The molecule has 3 N–H and O–H groups in total. The maximum absolute atomic E-state index is 6.18. The highest BCUT2D eigenvalue weighted by Crippen LogP contribution is 2.23. The Morgan fingerprint density at radius 2 is 1.96 bits per heavy atom. The Balaban J connectivity index is 2.26. The SMILES string of the molecule is CCCc1cc(N=C(C)C(=C(C)N)c2ccc(NCC(C)C)nc2)ccn1. The lowest BCUT2D eigenvalue weighted by Crippen LogP contribution is -2.10. The van der Waals surface area contributed by atoms with Crippen molar-refractivity contribution in [1.82, 2.24) is 9.97 Å². The number of aromatic nitrogens is 2. The highest BCUT2D eigenvalue weighted by Gasteiger charge is 2.10. The lowest BCUT2D eigenvalue weighted by molar-refractivity contribution is 0.687. The third-order valence-electron chi connectivity index (χ3n) is 4.10. The predicted molar refractivity (Wildman–Crippen MR) is 115 cm³/mol. The van der Waals surface area contributed by atoms with Gasteiger partial charge in [0.1, 0.15) is 5.82 Å². The first-order valence-corrected chi connectivity index (χ1v) is 9.58. The number of nitrogens with one attached hydrogen (secondary N) is 1. The van der Waals surface area contributed by atoms with E-state index >= 15 is 0 Å². The second kappa shape index (κ2) is 9.86. The molecule has 0 aliphatic carbocycles. The second-order valence-electron chi connectivity index (χ2n) is 7.22. The molecular formula is C22H31N5. The molecule has 144 valence electrons. The van der Waals surface area contributed by atoms with E-state index in [1.807, 2.05) is 50.5 Å². The minimum absolute atomic E-state index is 0.570. The van der Waals surface area contributed by atoms with E-state index in [9.17, 15) is 0 Å². The minimum Gasteiger partial charge on any atom is -0.402 e. The van der Waals surface area contributed by atoms with Gasteiger partial charge >= 0.3 is 0 Å². The highest BCUT2D eigenvalue weighted by molar-refractivity contribution is 6.24. The first kappa shape index (κ1) is 20.6. The lowest BCUT2D eigenvalue weighted by atomic mass is 10.0. The van der Waals surface area contributed by atoms with E-state index in [-0.39, 0.29) is 0 Å². The molecule has 5 nitrogen and oxygen atoms in total. The Morgan fingerprint density at radius 3 is 2.56 bits per heavy atom. The number of rotatable bonds is 8. The average molecular weight is 366 g/mol. The molecule has 2 rings (SSSR count). The van der Waals surface area contributed by atoms with Crippen LogP contribution in [-0.4, -0.2) is 22.2 Å². The fourth-order valence-corrected chi connectivity index (χ4v) is 2.85. The zero-order chi connectivity index (χ0) is 19.8. The molecule has 2 aromatic heterocycles. The molecule has 0 fully saturated rings. The molecule has 2 heterocycles. The number of aliphatic imine (C=N–C) groups is 1. The Bertz CT molecular complexity index is 800. The van der Waals surface area contributed by atoms with Gasteiger partial charge in [-0.2, -0.15) is 0 Å². The molecular weight excluding hydrogens is 334 g/mol. The van der Waals surface area contributed by atoms with Gasteiger partial charge in [-0.15, -0.1) is 0 Å². The van der Waals surface area contributed by atoms with Crippen molar-refractivity contribution in [3.63, 3.8) is 0 Å². The Morgan fingerprint density at radius 1 is 1.19 bits per heavy atom. The summed E-state index contributed by atoms with van der Waals surface area (Å²) in [7, 11) is 0. The van der Waals surface area contributed by atoms with Crippen LogP contribution in [0.25, 0.3) is 5.57 Å². The summed E-state index contributed by atoms with van der Waals surface area (Å²) in [6.45, 7) is 11.3. The minimum atomic E-state index is 0.570. The second-order valence-corrected chi connectivity index (χ2v) is 7.22. The molecule has 0 aromatic carbocycles. The van der Waals surface area contributed by atoms with Gasteiger partial charge in [-0.3, -0.25) is 9.98 Å². The number of nitrogens with zero attached hydrogens (tertiary/aromatic N) is 3. The van der Waals surface area contributed by atoms with E-state index in [0.29, 0.717) is 5.92 Å². The third-order valence-corrected chi connectivity index (χ3v) is 4.10. The largest absolute Gasteiger partial charge is 0.402 e. The smallest absolute Gasteiger partial charge is 0.125 e. The summed E-state index contributed by atoms with van der Waals surface area (Å²) in [6.07, 6.45) is 5.68. The van der Waals surface area contributed by atoms with Crippen molar-refractivity contribution in [3.05, 3.63) is 53.6 Å². The molecule has 2 aromatic rings. The van der Waals surface area contributed by atoms with E-state index in [1.54, 1.807) is 0 Å². The molecule has 0 bridgehead atoms. The Kier molecular flexibility index (Phi) is 7.53. The van der Waals surface area contributed by atoms with E-state index in [2.05, 4.69) is 36.1 Å². The predicted octanol–water partition coefficient (Wildman–Crippen LogP) is 4.98. The van der Waals surface area contributed by atoms with Crippen LogP contribution < -0.4 is 11.1 Å². The van der Waals surface area contributed by atoms with Gasteiger partial charge in [0.05, 0.1) is 5.69 Å². The van der Waals surface area contributed by atoms with Gasteiger partial charge in [-0.05, 0) is 50.5 Å². The van der Waals surface area contributed by atoms with Crippen LogP contribution in [0.1, 0.15) is 52.3 Å². The van der Waals surface area contributed by atoms with Gasteiger partial charge in [0.25, 0.3) is 0 Å². The number of hydrogen-bond acceptors (Lipinski definition) is 5. The summed E-state index contributed by atoms with van der Waals surface area (Å²) in [5.74, 6) is 1.44. The summed E-state index contributed by atoms with van der Waals surface area (Å²) in [6, 6.07) is 7.98. The molecule has 27 heavy (non-hydrogen) atoms. The van der Waals surface area contributed by atoms with Crippen molar-refractivity contribution in [2.75, 3.05) is 11.9 Å². The van der Waals surface area contributed by atoms with Gasteiger partial charge in [-0.1, -0.05) is 27.2 Å². The maximum atomic E-state index is 6.18. The molecule has 0 unspecified atom stereocenters. The lowest BCUT2D eigenvalue weighted by Gasteiger charge is -2.12. The summed E-state index contributed by atoms with van der Waals surface area (Å²) >= 11 is 0. The van der Waals surface area contributed by atoms with Crippen molar-refractivity contribution in [2.24, 2.45) is 16.6 Å². The van der Waals surface area contributed by atoms with E-state index in [0.717, 1.165) is 59.1 Å². The molecule has 0 radical (unpaired) electrons. The zero-order valence-electron chi connectivity index (χ0n) is 17.1. The summed E-state index contributed by atoms with van der Waals surface area (Å²) in [5.41, 5.74) is 11.6. The number of aryl methyl sites for hydroxylation is 1. The molecule has 0 atom stereocenters. The van der Waals surface area contributed by atoms with E-state index < -0.39 is 0 Å². The molecule has 0 aliphatic heterocycles. The van der Waals surface area contributed by atoms with Gasteiger partial charge in [0, 0.05) is 47.2 Å². The number of nitrogens with two attached hydrogens (primary N) is 1. The number of hydrogen-bond donors (Lipinski definition) is 2. The van der Waals surface area contributed by atoms with Gasteiger partial charge in [0.15, 0.2) is 0 Å². The van der Waals surface area contributed by atoms with Gasteiger partial charge < -0.3 is 11.1 Å². The third kappa shape index (κ3) is 6.20. The van der Waals surface area contributed by atoms with Crippen LogP contribution in [-0.2, 0) is 6.42 Å². The van der Waals surface area contributed by atoms with E-state index in [1.165, 1.54) is 0 Å². The summed E-state index contributed by atoms with van der Waals surface area (Å²) in [4.78, 5) is 13.7. The van der Waals surface area contributed by atoms with Crippen molar-refractivity contribution in [3.8, 4) is 0 Å². The van der Waals surface area contributed by atoms with Crippen LogP contribution in [0.2, 0.25) is 0 Å². The summed E-state index contributed by atoms with van der Waals surface area (Å²) in [5, 5.41) is 3.33. The Hall–Kier alpha value is -2.69. The van der Waals surface area contributed by atoms with Gasteiger partial charge in [-0.25, -0.2) is 4.98 Å². The van der Waals surface area contributed by atoms with Crippen LogP contribution in [0.15, 0.2) is 47.3 Å². The van der Waals surface area contributed by atoms with Crippen LogP contribution in [0.3, 0.4) is 0 Å². The maximum Gasteiger partial charge on any atom is 0.125 e. The first-order chi connectivity index (χ1) is 12.9. The molecule has 0 saturated heterocycles. The van der Waals surface area contributed by atoms with Crippen LogP contribution in [0.4, 0.5) is 11.5 Å². The molecule has 0 amide bonds. The first-order valence-electron chi connectivity index (χ1n) is 9.58. The summed E-state index contributed by atoms with van der Waals surface area (Å²) < 4.78 is 0. The fraction of sp³-hybridized carbons (Fsp3) is 0.409. The van der Waals surface area contributed by atoms with Crippen LogP contribution in [0.5, 0.6) is 0 Å².